The predicted molar refractivity (Wildman–Crippen MR) is 53.1 cm³/mol. The lowest BCUT2D eigenvalue weighted by Gasteiger charge is -1.97. The first-order valence-electron chi connectivity index (χ1n) is 3.91. The molecule has 0 aliphatic carbocycles. The Labute approximate surface area is 87.7 Å². The first-order chi connectivity index (χ1) is 6.70. The van der Waals surface area contributed by atoms with Crippen molar-refractivity contribution in [3.63, 3.8) is 0 Å². The second kappa shape index (κ2) is 3.39. The van der Waals surface area contributed by atoms with Gasteiger partial charge in [-0.1, -0.05) is 15.9 Å². The van der Waals surface area contributed by atoms with Gasteiger partial charge >= 0.3 is 0 Å². The van der Waals surface area contributed by atoms with E-state index in [1.165, 1.54) is 0 Å². The Bertz CT molecular complexity index is 527. The van der Waals surface area contributed by atoms with E-state index in [4.69, 9.17) is 5.26 Å². The van der Waals surface area contributed by atoms with E-state index in [9.17, 15) is 4.39 Å². The topological polar surface area (TPSA) is 52.5 Å². The molecular weight excluding hydrogens is 249 g/mol. The number of halogens is 2. The number of aromatic nitrogens is 2. The molecule has 70 valence electrons. The van der Waals surface area contributed by atoms with E-state index in [2.05, 4.69) is 25.9 Å². The molecule has 0 aliphatic heterocycles. The van der Waals surface area contributed by atoms with E-state index < -0.39 is 6.08 Å². The average molecular weight is 254 g/mol. The maximum absolute atomic E-state index is 12.8. The minimum Gasteiger partial charge on any atom is -0.314 e. The summed E-state index contributed by atoms with van der Waals surface area (Å²) in [5, 5.41) is 8.58. The van der Waals surface area contributed by atoms with Crippen LogP contribution in [0.3, 0.4) is 0 Å². The summed E-state index contributed by atoms with van der Waals surface area (Å²) < 4.78 is 13.6. The van der Waals surface area contributed by atoms with Crippen LogP contribution in [-0.4, -0.2) is 9.97 Å². The molecule has 1 N–H and O–H groups in total. The third kappa shape index (κ3) is 1.49. The maximum atomic E-state index is 12.8. The van der Waals surface area contributed by atoms with E-state index in [1.807, 2.05) is 6.07 Å². The van der Waals surface area contributed by atoms with Crippen LogP contribution in [0.2, 0.25) is 0 Å². The van der Waals surface area contributed by atoms with Crippen LogP contribution < -0.4 is 0 Å². The van der Waals surface area contributed by atoms with Crippen molar-refractivity contribution in [3.8, 4) is 6.07 Å². The number of fused-ring (bicyclic) bond motifs is 1. The van der Waals surface area contributed by atoms with Crippen molar-refractivity contribution >= 4 is 27.0 Å². The van der Waals surface area contributed by atoms with Crippen LogP contribution in [0.15, 0.2) is 16.6 Å². The Morgan fingerprint density at radius 2 is 2.36 bits per heavy atom. The summed E-state index contributed by atoms with van der Waals surface area (Å²) in [7, 11) is 0. The number of hydrogen-bond acceptors (Lipinski definition) is 2. The minimum absolute atomic E-state index is 0.222. The number of aromatic amines is 1. The number of imidazole rings is 1. The summed E-state index contributed by atoms with van der Waals surface area (Å²) in [6.07, 6.45) is -0.405. The van der Waals surface area contributed by atoms with Crippen LogP contribution in [0.1, 0.15) is 5.56 Å². The smallest absolute Gasteiger partial charge is 0.287 e. The van der Waals surface area contributed by atoms with Gasteiger partial charge in [-0.15, -0.1) is 0 Å². The molecule has 0 fully saturated rings. The number of hydrogen-bond donors (Lipinski definition) is 1. The molecule has 0 spiro atoms. The van der Waals surface area contributed by atoms with Gasteiger partial charge in [-0.3, -0.25) is 0 Å². The van der Waals surface area contributed by atoms with E-state index in [0.29, 0.717) is 11.0 Å². The molecular formula is C9H5BrFN3. The summed E-state index contributed by atoms with van der Waals surface area (Å²) in [6, 6.07) is 5.51. The Balaban J connectivity index is 2.74. The number of rotatable bonds is 1. The maximum Gasteiger partial charge on any atom is 0.287 e. The normalized spacial score (nSPS) is 10.4. The lowest BCUT2D eigenvalue weighted by molar-refractivity contribution is 0.556. The summed E-state index contributed by atoms with van der Waals surface area (Å²) in [5.41, 5.74) is 1.84. The minimum atomic E-state index is -0.628. The molecule has 1 heterocycles. The summed E-state index contributed by atoms with van der Waals surface area (Å²) in [4.78, 5) is 6.16. The highest BCUT2D eigenvalue weighted by Crippen LogP contribution is 2.22. The van der Waals surface area contributed by atoms with Gasteiger partial charge in [0.1, 0.15) is 0 Å². The number of nitrogens with one attached hydrogen (secondary N) is 1. The van der Waals surface area contributed by atoms with Crippen molar-refractivity contribution < 1.29 is 4.39 Å². The Hall–Kier alpha value is -1.41. The quantitative estimate of drug-likeness (QED) is 0.850. The molecule has 0 aliphatic rings. The number of benzene rings is 1. The summed E-state index contributed by atoms with van der Waals surface area (Å²) in [5.74, 6) is 0. The molecule has 3 nitrogen and oxygen atoms in total. The van der Waals surface area contributed by atoms with E-state index in [0.717, 1.165) is 10.0 Å². The molecule has 2 aromatic rings. The van der Waals surface area contributed by atoms with Gasteiger partial charge in [0, 0.05) is 4.47 Å². The van der Waals surface area contributed by atoms with E-state index in [1.54, 1.807) is 12.1 Å². The molecule has 0 saturated heterocycles. The zero-order valence-corrected chi connectivity index (χ0v) is 8.60. The van der Waals surface area contributed by atoms with Gasteiger partial charge in [0.25, 0.3) is 6.08 Å². The van der Waals surface area contributed by atoms with Crippen molar-refractivity contribution in [3.05, 3.63) is 28.2 Å². The highest BCUT2D eigenvalue weighted by molar-refractivity contribution is 9.10. The van der Waals surface area contributed by atoms with Crippen LogP contribution in [0.25, 0.3) is 11.0 Å². The zero-order chi connectivity index (χ0) is 10.1. The fourth-order valence-corrected chi connectivity index (χ4v) is 1.85. The first-order valence-corrected chi connectivity index (χ1v) is 4.70. The van der Waals surface area contributed by atoms with E-state index in [-0.39, 0.29) is 6.42 Å². The van der Waals surface area contributed by atoms with Gasteiger partial charge < -0.3 is 4.98 Å². The molecule has 14 heavy (non-hydrogen) atoms. The third-order valence-corrected chi connectivity index (χ3v) is 2.33. The first kappa shape index (κ1) is 9.16. The standard InChI is InChI=1S/C9H5BrFN3/c10-6-3-5(1-2-12)8-7(4-6)13-9(11)14-8/h3-4H,1H2,(H,13,14). The van der Waals surface area contributed by atoms with Crippen molar-refractivity contribution in [2.45, 2.75) is 6.42 Å². The molecule has 5 heteroatoms. The van der Waals surface area contributed by atoms with Crippen molar-refractivity contribution in [1.29, 1.82) is 5.26 Å². The molecule has 0 atom stereocenters. The van der Waals surface area contributed by atoms with Crippen molar-refractivity contribution in [2.24, 2.45) is 0 Å². The Morgan fingerprint density at radius 3 is 3.07 bits per heavy atom. The number of nitriles is 1. The fraction of sp³-hybridized carbons (Fsp3) is 0.111. The van der Waals surface area contributed by atoms with Crippen molar-refractivity contribution in [2.75, 3.05) is 0 Å². The van der Waals surface area contributed by atoms with Crippen LogP contribution >= 0.6 is 15.9 Å². The van der Waals surface area contributed by atoms with Gasteiger partial charge in [-0.2, -0.15) is 9.65 Å². The number of H-pyrrole nitrogens is 1. The summed E-state index contributed by atoms with van der Waals surface area (Å²) in [6.45, 7) is 0. The van der Waals surface area contributed by atoms with Crippen LogP contribution in [0.4, 0.5) is 4.39 Å². The molecule has 0 amide bonds. The Kier molecular flexibility index (Phi) is 2.22. The predicted octanol–water partition coefficient (Wildman–Crippen LogP) is 2.53. The van der Waals surface area contributed by atoms with Gasteiger partial charge in [-0.05, 0) is 17.7 Å². The lowest BCUT2D eigenvalue weighted by Crippen LogP contribution is -1.84. The lowest BCUT2D eigenvalue weighted by atomic mass is 10.1. The number of nitrogens with zero attached hydrogens (tertiary/aromatic N) is 2. The second-order valence-electron chi connectivity index (χ2n) is 2.82. The fourth-order valence-electron chi connectivity index (χ4n) is 1.34. The molecule has 1 aromatic heterocycles. The van der Waals surface area contributed by atoms with Gasteiger partial charge in [-0.25, -0.2) is 4.98 Å². The van der Waals surface area contributed by atoms with Crippen LogP contribution in [-0.2, 0) is 6.42 Å². The van der Waals surface area contributed by atoms with E-state index >= 15 is 0 Å². The molecule has 0 unspecified atom stereocenters. The highest BCUT2D eigenvalue weighted by atomic mass is 79.9. The zero-order valence-electron chi connectivity index (χ0n) is 7.01. The van der Waals surface area contributed by atoms with Gasteiger partial charge in [0.05, 0.1) is 23.5 Å². The molecule has 2 rings (SSSR count). The Morgan fingerprint density at radius 1 is 1.57 bits per heavy atom. The van der Waals surface area contributed by atoms with Crippen LogP contribution in [0.5, 0.6) is 0 Å². The largest absolute Gasteiger partial charge is 0.314 e. The average Bonchev–Trinajstić information content (AvgIpc) is 2.45. The molecule has 0 saturated carbocycles. The molecule has 1 aromatic carbocycles. The van der Waals surface area contributed by atoms with Gasteiger partial charge in [0.15, 0.2) is 0 Å². The van der Waals surface area contributed by atoms with Gasteiger partial charge in [0.2, 0.25) is 0 Å². The third-order valence-electron chi connectivity index (χ3n) is 1.87. The second-order valence-corrected chi connectivity index (χ2v) is 3.74. The monoisotopic (exact) mass is 253 g/mol. The molecule has 0 bridgehead atoms. The summed E-state index contributed by atoms with van der Waals surface area (Å²) >= 11 is 3.28. The van der Waals surface area contributed by atoms with Crippen molar-refractivity contribution in [1.82, 2.24) is 9.97 Å². The highest BCUT2D eigenvalue weighted by Gasteiger charge is 2.08. The molecule has 0 radical (unpaired) electrons. The van der Waals surface area contributed by atoms with Crippen LogP contribution in [0, 0.1) is 17.4 Å². The SMILES string of the molecule is N#CCc1cc(Br)cc2[nH]c(F)nc12.